The number of fused-ring (bicyclic) bond motifs is 1. The standard InChI is InChI=1S/C28H28F4N4O/c1-16(2)17(3)36-9-7-18(8-10-36)22-15-35(4)27-25(22)26(28(30,31)32)21(14-34-27)12-24(37)19-5-6-23(29)20(11-19)13-33/h5-6,11,14-16,18H,3,7-10,12H2,1-2,4H3. The van der Waals surface area contributed by atoms with Gasteiger partial charge in [0, 0.05) is 55.6 Å². The summed E-state index contributed by atoms with van der Waals surface area (Å²) in [6.45, 7) is 9.69. The number of allylic oxidation sites excluding steroid dienone is 1. The van der Waals surface area contributed by atoms with Crippen LogP contribution in [-0.2, 0) is 19.6 Å². The number of nitrogens with zero attached hydrogens (tertiary/aromatic N) is 4. The van der Waals surface area contributed by atoms with Crippen LogP contribution in [0.3, 0.4) is 0 Å². The van der Waals surface area contributed by atoms with Crippen molar-refractivity contribution in [3.05, 3.63) is 76.5 Å². The fraction of sp³-hybridized carbons (Fsp3) is 0.393. The number of ketones is 1. The molecule has 9 heteroatoms. The molecule has 1 saturated heterocycles. The van der Waals surface area contributed by atoms with Crippen LogP contribution in [0.15, 0.2) is 42.9 Å². The number of hydrogen-bond donors (Lipinski definition) is 0. The van der Waals surface area contributed by atoms with E-state index in [9.17, 15) is 22.4 Å². The number of benzene rings is 1. The number of likely N-dealkylation sites (tertiary alicyclic amines) is 1. The average Bonchev–Trinajstić information content (AvgIpc) is 3.19. The van der Waals surface area contributed by atoms with E-state index in [1.165, 1.54) is 6.07 Å². The molecule has 3 heterocycles. The number of hydrogen-bond acceptors (Lipinski definition) is 4. The second-order valence-electron chi connectivity index (χ2n) is 9.86. The fourth-order valence-electron chi connectivity index (χ4n) is 5.09. The van der Waals surface area contributed by atoms with Gasteiger partial charge in [-0.2, -0.15) is 18.4 Å². The lowest BCUT2D eigenvalue weighted by Gasteiger charge is -2.36. The van der Waals surface area contributed by atoms with Crippen LogP contribution in [0.2, 0.25) is 0 Å². The van der Waals surface area contributed by atoms with Crippen LogP contribution >= 0.6 is 0 Å². The third-order valence-electron chi connectivity index (χ3n) is 7.14. The zero-order valence-corrected chi connectivity index (χ0v) is 21.0. The lowest BCUT2D eigenvalue weighted by Crippen LogP contribution is -2.33. The molecule has 4 rings (SSSR count). The van der Waals surface area contributed by atoms with Crippen molar-refractivity contribution < 1.29 is 22.4 Å². The minimum atomic E-state index is -4.72. The summed E-state index contributed by atoms with van der Waals surface area (Å²) in [5.74, 6) is -1.25. The number of carbonyl (C=O) groups is 1. The number of carbonyl (C=O) groups excluding carboxylic acids is 1. The van der Waals surface area contributed by atoms with Crippen LogP contribution in [-0.4, -0.2) is 33.3 Å². The third-order valence-corrected chi connectivity index (χ3v) is 7.14. The SMILES string of the molecule is C=C(C(C)C)N1CCC(c2cn(C)c3ncc(CC(=O)c4ccc(F)c(C#N)c4)c(C(F)(F)F)c23)CC1. The molecule has 0 aliphatic carbocycles. The summed E-state index contributed by atoms with van der Waals surface area (Å²) in [4.78, 5) is 19.4. The van der Waals surface area contributed by atoms with Gasteiger partial charge >= 0.3 is 6.18 Å². The van der Waals surface area contributed by atoms with Gasteiger partial charge in [0.25, 0.3) is 0 Å². The van der Waals surface area contributed by atoms with Crippen LogP contribution in [0.25, 0.3) is 11.0 Å². The molecule has 3 aromatic rings. The molecule has 37 heavy (non-hydrogen) atoms. The molecule has 0 N–H and O–H groups in total. The van der Waals surface area contributed by atoms with E-state index >= 15 is 0 Å². The molecule has 1 aliphatic rings. The van der Waals surface area contributed by atoms with Crippen LogP contribution in [0.4, 0.5) is 17.6 Å². The Morgan fingerprint density at radius 3 is 2.54 bits per heavy atom. The van der Waals surface area contributed by atoms with Crippen molar-refractivity contribution in [1.29, 1.82) is 5.26 Å². The van der Waals surface area contributed by atoms with Crippen molar-refractivity contribution in [2.24, 2.45) is 13.0 Å². The van der Waals surface area contributed by atoms with Crippen LogP contribution in [0, 0.1) is 23.1 Å². The minimum Gasteiger partial charge on any atom is -0.375 e. The molecule has 0 atom stereocenters. The van der Waals surface area contributed by atoms with Crippen LogP contribution in [0.1, 0.15) is 65.2 Å². The number of pyridine rings is 1. The normalized spacial score (nSPS) is 14.8. The summed E-state index contributed by atoms with van der Waals surface area (Å²) >= 11 is 0. The Kier molecular flexibility index (Phi) is 7.13. The van der Waals surface area contributed by atoms with Crippen molar-refractivity contribution in [3.63, 3.8) is 0 Å². The van der Waals surface area contributed by atoms with Crippen LogP contribution in [0.5, 0.6) is 0 Å². The molecule has 1 aromatic carbocycles. The number of aromatic nitrogens is 2. The Labute approximate surface area is 213 Å². The predicted octanol–water partition coefficient (Wildman–Crippen LogP) is 6.38. The van der Waals surface area contributed by atoms with E-state index in [0.29, 0.717) is 37.4 Å². The van der Waals surface area contributed by atoms with E-state index in [2.05, 4.69) is 30.3 Å². The smallest absolute Gasteiger partial charge is 0.375 e. The Hall–Kier alpha value is -3.67. The highest BCUT2D eigenvalue weighted by Crippen LogP contribution is 2.43. The van der Waals surface area contributed by atoms with Gasteiger partial charge in [-0.15, -0.1) is 0 Å². The van der Waals surface area contributed by atoms with E-state index in [-0.39, 0.29) is 33.6 Å². The summed E-state index contributed by atoms with van der Waals surface area (Å²) in [6.07, 6.45) is -1.13. The Balaban J connectivity index is 1.74. The first-order valence-corrected chi connectivity index (χ1v) is 12.1. The summed E-state index contributed by atoms with van der Waals surface area (Å²) in [5, 5.41) is 9.07. The first-order chi connectivity index (χ1) is 17.4. The van der Waals surface area contributed by atoms with Gasteiger partial charge in [0.15, 0.2) is 5.78 Å². The van der Waals surface area contributed by atoms with Crippen molar-refractivity contribution in [2.45, 2.75) is 45.2 Å². The second kappa shape index (κ2) is 10.0. The highest BCUT2D eigenvalue weighted by Gasteiger charge is 2.39. The number of halogens is 4. The van der Waals surface area contributed by atoms with Crippen molar-refractivity contribution >= 4 is 16.8 Å². The number of rotatable bonds is 6. The van der Waals surface area contributed by atoms with Gasteiger partial charge in [0.2, 0.25) is 0 Å². The van der Waals surface area contributed by atoms with E-state index in [1.54, 1.807) is 23.9 Å². The van der Waals surface area contributed by atoms with E-state index in [1.807, 2.05) is 0 Å². The molecule has 0 amide bonds. The number of aryl methyl sites for hydroxylation is 1. The number of Topliss-reactive ketones (excluding diaryl/α,β-unsaturated/α-hetero) is 1. The van der Waals surface area contributed by atoms with E-state index < -0.39 is 29.8 Å². The average molecular weight is 513 g/mol. The van der Waals surface area contributed by atoms with E-state index in [0.717, 1.165) is 24.0 Å². The van der Waals surface area contributed by atoms with Gasteiger partial charge in [0.1, 0.15) is 17.5 Å². The summed E-state index contributed by atoms with van der Waals surface area (Å²) in [7, 11) is 1.67. The maximum atomic E-state index is 14.6. The number of nitriles is 1. The molecule has 0 bridgehead atoms. The summed E-state index contributed by atoms with van der Waals surface area (Å²) in [5.41, 5.74) is 0.333. The molecule has 2 aromatic heterocycles. The van der Waals surface area contributed by atoms with Crippen molar-refractivity contribution in [2.75, 3.05) is 13.1 Å². The maximum Gasteiger partial charge on any atom is 0.417 e. The zero-order chi connectivity index (χ0) is 27.1. The Morgan fingerprint density at radius 2 is 1.95 bits per heavy atom. The van der Waals surface area contributed by atoms with Gasteiger partial charge in [-0.1, -0.05) is 20.4 Å². The highest BCUT2D eigenvalue weighted by atomic mass is 19.4. The van der Waals surface area contributed by atoms with Gasteiger partial charge in [-0.25, -0.2) is 9.37 Å². The van der Waals surface area contributed by atoms with Crippen molar-refractivity contribution in [1.82, 2.24) is 14.5 Å². The van der Waals surface area contributed by atoms with Gasteiger partial charge in [0.05, 0.1) is 11.1 Å². The third kappa shape index (κ3) is 5.10. The molecule has 194 valence electrons. The Bertz CT molecular complexity index is 1410. The fourth-order valence-corrected chi connectivity index (χ4v) is 5.09. The van der Waals surface area contributed by atoms with Gasteiger partial charge in [-0.05, 0) is 54.0 Å². The molecule has 0 saturated carbocycles. The van der Waals surface area contributed by atoms with E-state index in [4.69, 9.17) is 5.26 Å². The topological polar surface area (TPSA) is 61.9 Å². The molecule has 1 aliphatic heterocycles. The largest absolute Gasteiger partial charge is 0.417 e. The molecule has 0 unspecified atom stereocenters. The summed E-state index contributed by atoms with van der Waals surface area (Å²) < 4.78 is 59.0. The first-order valence-electron chi connectivity index (χ1n) is 12.1. The lowest BCUT2D eigenvalue weighted by atomic mass is 9.86. The van der Waals surface area contributed by atoms with Gasteiger partial charge in [-0.3, -0.25) is 4.79 Å². The number of piperidine rings is 1. The van der Waals surface area contributed by atoms with Gasteiger partial charge < -0.3 is 9.47 Å². The second-order valence-corrected chi connectivity index (χ2v) is 9.86. The molecular formula is C28H28F4N4O. The zero-order valence-electron chi connectivity index (χ0n) is 21.0. The monoisotopic (exact) mass is 512 g/mol. The minimum absolute atomic E-state index is 0.0262. The molecule has 5 nitrogen and oxygen atoms in total. The molecule has 0 radical (unpaired) electrons. The molecular weight excluding hydrogens is 484 g/mol. The first kappa shape index (κ1) is 26.4. The predicted molar refractivity (Wildman–Crippen MR) is 132 cm³/mol. The lowest BCUT2D eigenvalue weighted by molar-refractivity contribution is -0.136. The maximum absolute atomic E-state index is 14.6. The highest BCUT2D eigenvalue weighted by molar-refractivity contribution is 5.99. The van der Waals surface area contributed by atoms with Crippen molar-refractivity contribution in [3.8, 4) is 6.07 Å². The molecule has 1 fully saturated rings. The number of alkyl halides is 3. The quantitative estimate of drug-likeness (QED) is 0.284. The molecule has 0 spiro atoms. The van der Waals surface area contributed by atoms with Crippen LogP contribution < -0.4 is 0 Å². The Morgan fingerprint density at radius 1 is 1.27 bits per heavy atom. The summed E-state index contributed by atoms with van der Waals surface area (Å²) in [6, 6.07) is 4.84.